The maximum absolute atomic E-state index is 12.3. The van der Waals surface area contributed by atoms with Crippen molar-refractivity contribution >= 4 is 23.3 Å². The van der Waals surface area contributed by atoms with E-state index in [-0.39, 0.29) is 11.5 Å². The highest BCUT2D eigenvalue weighted by molar-refractivity contribution is 5.97. The van der Waals surface area contributed by atoms with Gasteiger partial charge in [-0.1, -0.05) is 36.4 Å². The lowest BCUT2D eigenvalue weighted by Crippen LogP contribution is -2.30. The van der Waals surface area contributed by atoms with Crippen LogP contribution in [0.5, 0.6) is 0 Å². The number of ether oxygens (including phenoxy) is 1. The van der Waals surface area contributed by atoms with E-state index in [1.807, 2.05) is 6.07 Å². The van der Waals surface area contributed by atoms with Gasteiger partial charge >= 0.3 is 5.97 Å². The Morgan fingerprint density at radius 3 is 2.40 bits per heavy atom. The quantitative estimate of drug-likeness (QED) is 0.489. The number of hydrogen-bond donors (Lipinski definition) is 1. The summed E-state index contributed by atoms with van der Waals surface area (Å²) in [5, 5.41) is 11.7. The lowest BCUT2D eigenvalue weighted by Gasteiger charge is -2.13. The van der Waals surface area contributed by atoms with Gasteiger partial charge in [-0.3, -0.25) is 9.59 Å². The van der Waals surface area contributed by atoms with Crippen molar-refractivity contribution in [3.63, 3.8) is 0 Å². The topological polar surface area (TPSA) is 109 Å². The summed E-state index contributed by atoms with van der Waals surface area (Å²) in [5.41, 5.74) is 1.90. The van der Waals surface area contributed by atoms with Crippen molar-refractivity contribution in [3.05, 3.63) is 77.6 Å². The molecule has 150 valence electrons. The highest BCUT2D eigenvalue weighted by atomic mass is 16.6. The highest BCUT2D eigenvalue weighted by Gasteiger charge is 2.22. The average Bonchev–Trinajstić information content (AvgIpc) is 3.24. The van der Waals surface area contributed by atoms with Gasteiger partial charge in [-0.2, -0.15) is 5.26 Å². The van der Waals surface area contributed by atoms with E-state index in [1.165, 1.54) is 19.9 Å². The maximum atomic E-state index is 12.3. The number of carbonyl (C=O) groups is 3. The minimum absolute atomic E-state index is 0.0464. The van der Waals surface area contributed by atoms with Crippen molar-refractivity contribution in [2.24, 2.45) is 0 Å². The maximum Gasteiger partial charge on any atom is 0.375 e. The number of anilines is 1. The van der Waals surface area contributed by atoms with E-state index >= 15 is 0 Å². The molecule has 2 aromatic carbocycles. The van der Waals surface area contributed by atoms with Crippen LogP contribution in [0.2, 0.25) is 0 Å². The molecule has 0 spiro atoms. The largest absolute Gasteiger partial charge is 0.449 e. The van der Waals surface area contributed by atoms with Crippen LogP contribution in [0, 0.1) is 11.3 Å². The number of Topliss-reactive ketones (excluding diaryl/α,β-unsaturated/α-hetero) is 1. The van der Waals surface area contributed by atoms with Crippen LogP contribution in [0.15, 0.2) is 65.1 Å². The van der Waals surface area contributed by atoms with E-state index in [0.29, 0.717) is 28.1 Å². The number of nitriles is 1. The lowest BCUT2D eigenvalue weighted by atomic mass is 10.1. The number of amides is 1. The summed E-state index contributed by atoms with van der Waals surface area (Å²) in [6.45, 7) is 2.90. The number of nitrogens with zero attached hydrogens (tertiary/aromatic N) is 1. The third kappa shape index (κ3) is 4.62. The third-order valence-corrected chi connectivity index (χ3v) is 4.34. The number of furan rings is 1. The fourth-order valence-electron chi connectivity index (χ4n) is 2.67. The molecule has 0 bridgehead atoms. The van der Waals surface area contributed by atoms with Gasteiger partial charge < -0.3 is 14.5 Å². The standard InChI is InChI=1S/C23H18N2O5/c1-14(26)16-7-9-17(10-8-16)20-11-12-21(30-20)23(28)29-15(2)22(27)25-19-6-4-3-5-18(19)13-24/h3-12,15H,1-2H3,(H,25,27)/t15-/m1/s1. The number of benzene rings is 2. The molecule has 3 rings (SSSR count). The van der Waals surface area contributed by atoms with Gasteiger partial charge in [0.15, 0.2) is 11.9 Å². The SMILES string of the molecule is CC(=O)c1ccc(-c2ccc(C(=O)O[C@H](C)C(=O)Nc3ccccc3C#N)o2)cc1. The van der Waals surface area contributed by atoms with Gasteiger partial charge in [0, 0.05) is 11.1 Å². The normalized spacial score (nSPS) is 11.2. The van der Waals surface area contributed by atoms with Crippen LogP contribution in [-0.2, 0) is 9.53 Å². The van der Waals surface area contributed by atoms with Gasteiger partial charge in [-0.15, -0.1) is 0 Å². The average molecular weight is 402 g/mol. The van der Waals surface area contributed by atoms with Crippen LogP contribution < -0.4 is 5.32 Å². The molecule has 3 aromatic rings. The summed E-state index contributed by atoms with van der Waals surface area (Å²) in [7, 11) is 0. The first kappa shape index (κ1) is 20.6. The minimum Gasteiger partial charge on any atom is -0.449 e. The summed E-state index contributed by atoms with van der Waals surface area (Å²) in [6, 6.07) is 18.3. The van der Waals surface area contributed by atoms with Crippen LogP contribution in [0.4, 0.5) is 5.69 Å². The Morgan fingerprint density at radius 2 is 1.73 bits per heavy atom. The molecule has 1 N–H and O–H groups in total. The molecule has 1 atom stereocenters. The summed E-state index contributed by atoms with van der Waals surface area (Å²) < 4.78 is 10.7. The van der Waals surface area contributed by atoms with Gasteiger partial charge in [0.05, 0.1) is 11.3 Å². The second-order valence-electron chi connectivity index (χ2n) is 6.49. The number of para-hydroxylation sites is 1. The van der Waals surface area contributed by atoms with Crippen LogP contribution in [0.25, 0.3) is 11.3 Å². The zero-order valence-electron chi connectivity index (χ0n) is 16.3. The Labute approximate surface area is 172 Å². The van der Waals surface area contributed by atoms with E-state index in [2.05, 4.69) is 5.32 Å². The molecule has 7 nitrogen and oxygen atoms in total. The number of ketones is 1. The summed E-state index contributed by atoms with van der Waals surface area (Å²) in [4.78, 5) is 36.0. The van der Waals surface area contributed by atoms with Crippen molar-refractivity contribution in [1.82, 2.24) is 0 Å². The molecule has 0 fully saturated rings. The highest BCUT2D eigenvalue weighted by Crippen LogP contribution is 2.23. The molecule has 0 radical (unpaired) electrons. The monoisotopic (exact) mass is 402 g/mol. The van der Waals surface area contributed by atoms with E-state index in [9.17, 15) is 14.4 Å². The van der Waals surface area contributed by atoms with Crippen molar-refractivity contribution in [2.45, 2.75) is 20.0 Å². The fourth-order valence-corrected chi connectivity index (χ4v) is 2.67. The zero-order valence-corrected chi connectivity index (χ0v) is 16.3. The first-order valence-electron chi connectivity index (χ1n) is 9.11. The first-order valence-corrected chi connectivity index (χ1v) is 9.11. The zero-order chi connectivity index (χ0) is 21.7. The lowest BCUT2D eigenvalue weighted by molar-refractivity contribution is -0.123. The molecule has 1 heterocycles. The van der Waals surface area contributed by atoms with Crippen LogP contribution in [0.3, 0.4) is 0 Å². The minimum atomic E-state index is -1.10. The molecule has 1 aromatic heterocycles. The molecule has 1 amide bonds. The van der Waals surface area contributed by atoms with E-state index in [1.54, 1.807) is 54.6 Å². The summed E-state index contributed by atoms with van der Waals surface area (Å²) in [5.74, 6) is -1.04. The molecular formula is C23H18N2O5. The summed E-state index contributed by atoms with van der Waals surface area (Å²) >= 11 is 0. The van der Waals surface area contributed by atoms with Crippen LogP contribution in [-0.4, -0.2) is 23.8 Å². The first-order chi connectivity index (χ1) is 14.4. The second kappa shape index (κ2) is 8.88. The van der Waals surface area contributed by atoms with Gasteiger partial charge in [0.1, 0.15) is 11.8 Å². The third-order valence-electron chi connectivity index (χ3n) is 4.34. The molecule has 7 heteroatoms. The molecular weight excluding hydrogens is 384 g/mol. The fraction of sp³-hybridized carbons (Fsp3) is 0.130. The number of nitrogens with one attached hydrogen (secondary N) is 1. The summed E-state index contributed by atoms with van der Waals surface area (Å²) in [6.07, 6.45) is -1.10. The Kier molecular flexibility index (Phi) is 6.08. The molecule has 0 aliphatic carbocycles. The van der Waals surface area contributed by atoms with Crippen LogP contribution >= 0.6 is 0 Å². The van der Waals surface area contributed by atoms with Crippen molar-refractivity contribution in [2.75, 3.05) is 5.32 Å². The predicted molar refractivity (Wildman–Crippen MR) is 109 cm³/mol. The number of carbonyl (C=O) groups excluding carboxylic acids is 3. The van der Waals surface area contributed by atoms with Crippen molar-refractivity contribution in [3.8, 4) is 17.4 Å². The molecule has 0 saturated carbocycles. The van der Waals surface area contributed by atoms with E-state index < -0.39 is 18.0 Å². The van der Waals surface area contributed by atoms with Gasteiger partial charge in [0.25, 0.3) is 5.91 Å². The Morgan fingerprint density at radius 1 is 1.03 bits per heavy atom. The molecule has 30 heavy (non-hydrogen) atoms. The van der Waals surface area contributed by atoms with Crippen LogP contribution in [0.1, 0.15) is 40.3 Å². The molecule has 0 saturated heterocycles. The van der Waals surface area contributed by atoms with Crippen molar-refractivity contribution < 1.29 is 23.5 Å². The van der Waals surface area contributed by atoms with E-state index in [0.717, 1.165) is 0 Å². The molecule has 0 aliphatic rings. The van der Waals surface area contributed by atoms with Gasteiger partial charge in [0.2, 0.25) is 5.76 Å². The predicted octanol–water partition coefficient (Wildman–Crippen LogP) is 4.20. The number of rotatable bonds is 6. The molecule has 0 aliphatic heterocycles. The number of esters is 1. The number of hydrogen-bond acceptors (Lipinski definition) is 6. The second-order valence-corrected chi connectivity index (χ2v) is 6.49. The Hall–Kier alpha value is -4.18. The van der Waals surface area contributed by atoms with Gasteiger partial charge in [-0.05, 0) is 38.1 Å². The Bertz CT molecular complexity index is 1140. The Balaban J connectivity index is 1.65. The smallest absolute Gasteiger partial charge is 0.375 e. The molecule has 0 unspecified atom stereocenters. The van der Waals surface area contributed by atoms with Crippen molar-refractivity contribution in [1.29, 1.82) is 5.26 Å². The van der Waals surface area contributed by atoms with Gasteiger partial charge in [-0.25, -0.2) is 4.79 Å². The van der Waals surface area contributed by atoms with E-state index in [4.69, 9.17) is 14.4 Å².